The summed E-state index contributed by atoms with van der Waals surface area (Å²) in [4.78, 5) is 12.9. The Morgan fingerprint density at radius 3 is 2.14 bits per heavy atom. The molecule has 0 atom stereocenters. The van der Waals surface area contributed by atoms with Crippen molar-refractivity contribution < 1.29 is 4.79 Å². The van der Waals surface area contributed by atoms with E-state index in [2.05, 4.69) is 36.9 Å². The Labute approximate surface area is 221 Å². The highest BCUT2D eigenvalue weighted by Gasteiger charge is 2.46. The van der Waals surface area contributed by atoms with Crippen LogP contribution in [-0.4, -0.2) is 5.78 Å². The van der Waals surface area contributed by atoms with Crippen LogP contribution in [0.15, 0.2) is 48.6 Å². The van der Waals surface area contributed by atoms with E-state index in [0.29, 0.717) is 23.1 Å². The van der Waals surface area contributed by atoms with Gasteiger partial charge >= 0.3 is 0 Å². The Morgan fingerprint density at radius 1 is 0.919 bits per heavy atom. The molecule has 5 rings (SSSR count). The van der Waals surface area contributed by atoms with Crippen molar-refractivity contribution >= 4 is 5.78 Å². The molecule has 4 nitrogen and oxygen atoms in total. The summed E-state index contributed by atoms with van der Waals surface area (Å²) in [5.41, 5.74) is 4.86. The normalized spacial score (nSPS) is 23.3. The number of carbonyl (C=O) groups excluding carboxylic acids is 1. The molecular formula is C33H35N3O. The molecule has 3 aliphatic rings. The molecule has 0 amide bonds. The van der Waals surface area contributed by atoms with Crippen LogP contribution < -0.4 is 0 Å². The maximum Gasteiger partial charge on any atom is 0.168 e. The van der Waals surface area contributed by atoms with Crippen molar-refractivity contribution in [2.45, 2.75) is 78.6 Å². The molecule has 4 heteroatoms. The molecular weight excluding hydrogens is 454 g/mol. The molecule has 0 aromatic heterocycles. The Bertz CT molecular complexity index is 1330. The third-order valence-electron chi connectivity index (χ3n) is 8.79. The van der Waals surface area contributed by atoms with Crippen molar-refractivity contribution in [3.8, 4) is 18.2 Å². The molecule has 0 heterocycles. The lowest BCUT2D eigenvalue weighted by Crippen LogP contribution is -2.40. The predicted octanol–water partition coefficient (Wildman–Crippen LogP) is 7.60. The highest BCUT2D eigenvalue weighted by Crippen LogP contribution is 2.57. The van der Waals surface area contributed by atoms with Gasteiger partial charge in [-0.3, -0.25) is 4.79 Å². The highest BCUT2D eigenvalue weighted by molar-refractivity contribution is 5.99. The van der Waals surface area contributed by atoms with E-state index < -0.39 is 5.41 Å². The first-order valence-electron chi connectivity index (χ1n) is 13.2. The second kappa shape index (κ2) is 10.00. The summed E-state index contributed by atoms with van der Waals surface area (Å²) in [5.74, 6) is 0.174. The first-order valence-corrected chi connectivity index (χ1v) is 13.2. The van der Waals surface area contributed by atoms with E-state index >= 15 is 0 Å². The SMILES string of the molecule is C=C1CCCC2(Cc3cccc(C(=O)C(C)(C)C)c3)CCC1(Cc1c(C#N)cc(C#N)cc1C#N)CC2. The molecule has 0 aliphatic heterocycles. The number of carbonyl (C=O) groups is 1. The zero-order valence-corrected chi connectivity index (χ0v) is 22.3. The van der Waals surface area contributed by atoms with Gasteiger partial charge in [0.2, 0.25) is 0 Å². The molecule has 0 saturated heterocycles. The van der Waals surface area contributed by atoms with Gasteiger partial charge in [0.25, 0.3) is 0 Å². The Morgan fingerprint density at radius 2 is 1.57 bits per heavy atom. The van der Waals surface area contributed by atoms with Crippen LogP contribution in [0.1, 0.15) is 104 Å². The van der Waals surface area contributed by atoms with E-state index in [1.165, 1.54) is 11.1 Å². The minimum absolute atomic E-state index is 0.140. The van der Waals surface area contributed by atoms with Crippen LogP contribution in [0.2, 0.25) is 0 Å². The topological polar surface area (TPSA) is 88.4 Å². The molecule has 2 aromatic carbocycles. The molecule has 3 saturated carbocycles. The fraction of sp³-hybridized carbons (Fsp3) is 0.455. The first kappa shape index (κ1) is 26.4. The number of benzene rings is 2. The lowest BCUT2D eigenvalue weighted by Gasteiger charge is -2.51. The minimum atomic E-state index is -0.405. The number of allylic oxidation sites excluding steroid dienone is 1. The van der Waals surface area contributed by atoms with E-state index in [-0.39, 0.29) is 16.6 Å². The fourth-order valence-electron chi connectivity index (χ4n) is 6.52. The van der Waals surface area contributed by atoms with Gasteiger partial charge in [0.1, 0.15) is 0 Å². The number of nitrogens with zero attached hydrogens (tertiary/aromatic N) is 3. The van der Waals surface area contributed by atoms with Gasteiger partial charge in [0.05, 0.1) is 34.9 Å². The second-order valence-corrected chi connectivity index (χ2v) is 12.3. The monoisotopic (exact) mass is 489 g/mol. The minimum Gasteiger partial charge on any atom is -0.294 e. The van der Waals surface area contributed by atoms with Gasteiger partial charge in [-0.25, -0.2) is 0 Å². The van der Waals surface area contributed by atoms with Crippen molar-refractivity contribution in [1.82, 2.24) is 0 Å². The van der Waals surface area contributed by atoms with Gasteiger partial charge in [-0.2, -0.15) is 15.8 Å². The average Bonchev–Trinajstić information content (AvgIpc) is 2.88. The third kappa shape index (κ3) is 5.24. The Balaban J connectivity index is 1.62. The maximum absolute atomic E-state index is 12.9. The zero-order valence-electron chi connectivity index (χ0n) is 22.3. The molecule has 3 aliphatic carbocycles. The van der Waals surface area contributed by atoms with Gasteiger partial charge in [-0.1, -0.05) is 51.1 Å². The summed E-state index contributed by atoms with van der Waals surface area (Å²) in [6.45, 7) is 10.4. The number of hydrogen-bond acceptors (Lipinski definition) is 4. The molecule has 3 fully saturated rings. The van der Waals surface area contributed by atoms with Crippen LogP contribution in [0, 0.1) is 50.2 Å². The Kier molecular flexibility index (Phi) is 7.13. The van der Waals surface area contributed by atoms with Crippen LogP contribution in [0.25, 0.3) is 0 Å². The van der Waals surface area contributed by atoms with Gasteiger partial charge in [-0.15, -0.1) is 0 Å². The van der Waals surface area contributed by atoms with Crippen molar-refractivity contribution in [2.75, 3.05) is 0 Å². The third-order valence-corrected chi connectivity index (χ3v) is 8.79. The number of ketones is 1. The number of Topliss-reactive ketones (excluding diaryl/α,β-unsaturated/α-hetero) is 1. The molecule has 0 unspecified atom stereocenters. The van der Waals surface area contributed by atoms with Gasteiger partial charge in [0, 0.05) is 11.0 Å². The number of fused-ring (bicyclic) bond motifs is 5. The lowest BCUT2D eigenvalue weighted by atomic mass is 9.54. The molecule has 37 heavy (non-hydrogen) atoms. The summed E-state index contributed by atoms with van der Waals surface area (Å²) < 4.78 is 0. The number of nitriles is 3. The summed E-state index contributed by atoms with van der Waals surface area (Å²) in [6, 6.07) is 18.0. The number of hydrogen-bond donors (Lipinski definition) is 0. The standard InChI is InChI=1S/C33H35N3O/c1-23-7-6-10-32(18-24-8-5-9-26(15-24)30(37)31(2,3)4)11-13-33(23,14-12-32)19-29-27(21-35)16-25(20-34)17-28(29)22-36/h5,8-9,15-17H,1,6-7,10-14,18-19H2,2-4H3. The summed E-state index contributed by atoms with van der Waals surface area (Å²) in [6.07, 6.45) is 8.81. The van der Waals surface area contributed by atoms with Gasteiger partial charge in [0.15, 0.2) is 5.78 Å². The van der Waals surface area contributed by atoms with Crippen LogP contribution in [-0.2, 0) is 12.8 Å². The van der Waals surface area contributed by atoms with Crippen LogP contribution >= 0.6 is 0 Å². The van der Waals surface area contributed by atoms with Crippen LogP contribution in [0.5, 0.6) is 0 Å². The van der Waals surface area contributed by atoms with E-state index in [1.54, 1.807) is 12.1 Å². The first-order chi connectivity index (χ1) is 17.5. The quantitative estimate of drug-likeness (QED) is 0.319. The molecule has 188 valence electrons. The highest BCUT2D eigenvalue weighted by atomic mass is 16.1. The lowest BCUT2D eigenvalue weighted by molar-refractivity contribution is 0.0725. The average molecular weight is 490 g/mol. The number of rotatable bonds is 5. The van der Waals surface area contributed by atoms with E-state index in [9.17, 15) is 20.6 Å². The van der Waals surface area contributed by atoms with Gasteiger partial charge < -0.3 is 0 Å². The summed E-state index contributed by atoms with van der Waals surface area (Å²) in [5, 5.41) is 29.0. The predicted molar refractivity (Wildman–Crippen MR) is 145 cm³/mol. The van der Waals surface area contributed by atoms with Crippen molar-refractivity contribution in [2.24, 2.45) is 16.2 Å². The van der Waals surface area contributed by atoms with Crippen molar-refractivity contribution in [3.63, 3.8) is 0 Å². The van der Waals surface area contributed by atoms with E-state index in [0.717, 1.165) is 62.5 Å². The second-order valence-electron chi connectivity index (χ2n) is 12.3. The summed E-state index contributed by atoms with van der Waals surface area (Å²) in [7, 11) is 0. The fourth-order valence-corrected chi connectivity index (χ4v) is 6.52. The molecule has 2 bridgehead atoms. The molecule has 0 spiro atoms. The maximum atomic E-state index is 12.9. The molecule has 0 N–H and O–H groups in total. The molecule has 2 aromatic rings. The van der Waals surface area contributed by atoms with Crippen molar-refractivity contribution in [3.05, 3.63) is 81.9 Å². The van der Waals surface area contributed by atoms with Gasteiger partial charge in [-0.05, 0) is 97.9 Å². The summed E-state index contributed by atoms with van der Waals surface area (Å²) >= 11 is 0. The van der Waals surface area contributed by atoms with E-state index in [4.69, 9.17) is 0 Å². The van der Waals surface area contributed by atoms with E-state index in [1.807, 2.05) is 32.9 Å². The van der Waals surface area contributed by atoms with Crippen LogP contribution in [0.3, 0.4) is 0 Å². The van der Waals surface area contributed by atoms with Crippen molar-refractivity contribution in [1.29, 1.82) is 15.8 Å². The largest absolute Gasteiger partial charge is 0.294 e. The van der Waals surface area contributed by atoms with Crippen LogP contribution in [0.4, 0.5) is 0 Å². The zero-order chi connectivity index (χ0) is 26.8. The Hall–Kier alpha value is -3.68. The molecule has 0 radical (unpaired) electrons. The smallest absolute Gasteiger partial charge is 0.168 e.